The molecule has 0 radical (unpaired) electrons. The van der Waals surface area contributed by atoms with Gasteiger partial charge < -0.3 is 18.9 Å². The van der Waals surface area contributed by atoms with Gasteiger partial charge in [-0.2, -0.15) is 0 Å². The van der Waals surface area contributed by atoms with Gasteiger partial charge in [0.15, 0.2) is 11.5 Å². The van der Waals surface area contributed by atoms with E-state index in [0.29, 0.717) is 23.5 Å². The summed E-state index contributed by atoms with van der Waals surface area (Å²) in [6.07, 6.45) is 0.602. The van der Waals surface area contributed by atoms with Crippen molar-refractivity contribution in [3.05, 3.63) is 59.7 Å². The maximum absolute atomic E-state index is 12.0. The Kier molecular flexibility index (Phi) is 5.51. The molecule has 0 spiro atoms. The minimum absolute atomic E-state index is 0.147. The minimum Gasteiger partial charge on any atom is -0.462 e. The number of fused-ring (bicyclic) bond motifs is 1. The summed E-state index contributed by atoms with van der Waals surface area (Å²) in [5.74, 6) is 0.357. The van der Waals surface area contributed by atoms with Gasteiger partial charge in [0.05, 0.1) is 12.2 Å². The monoisotopic (exact) mass is 342 g/mol. The molecule has 0 bridgehead atoms. The second-order valence-corrected chi connectivity index (χ2v) is 5.45. The molecule has 0 aromatic heterocycles. The Bertz CT molecular complexity index is 741. The lowest BCUT2D eigenvalue weighted by molar-refractivity contribution is -0.145. The summed E-state index contributed by atoms with van der Waals surface area (Å²) < 4.78 is 20.7. The first kappa shape index (κ1) is 16.8. The molecule has 130 valence electrons. The molecule has 0 aliphatic carbocycles. The SMILES string of the molecule is O=C(CCCOC(=O)c1ccc2c(c1)OCO2)OCc1ccccc1. The summed E-state index contributed by atoms with van der Waals surface area (Å²) in [6.45, 7) is 0.545. The number of carbonyl (C=O) groups is 2. The summed E-state index contributed by atoms with van der Waals surface area (Å²) in [4.78, 5) is 23.6. The van der Waals surface area contributed by atoms with Crippen LogP contribution in [-0.4, -0.2) is 25.3 Å². The third-order valence-electron chi connectivity index (χ3n) is 3.61. The van der Waals surface area contributed by atoms with Gasteiger partial charge in [0.25, 0.3) is 0 Å². The van der Waals surface area contributed by atoms with Gasteiger partial charge in [-0.1, -0.05) is 30.3 Å². The molecule has 0 N–H and O–H groups in total. The van der Waals surface area contributed by atoms with Crippen LogP contribution in [0, 0.1) is 0 Å². The van der Waals surface area contributed by atoms with E-state index < -0.39 is 5.97 Å². The average molecular weight is 342 g/mol. The van der Waals surface area contributed by atoms with Gasteiger partial charge in [-0.3, -0.25) is 4.79 Å². The molecule has 2 aromatic carbocycles. The van der Waals surface area contributed by atoms with E-state index >= 15 is 0 Å². The fourth-order valence-corrected chi connectivity index (χ4v) is 2.30. The zero-order valence-electron chi connectivity index (χ0n) is 13.6. The number of rotatable bonds is 7. The summed E-state index contributed by atoms with van der Waals surface area (Å²) in [6, 6.07) is 14.3. The molecule has 1 aliphatic heterocycles. The highest BCUT2D eigenvalue weighted by Crippen LogP contribution is 2.32. The largest absolute Gasteiger partial charge is 0.462 e. The van der Waals surface area contributed by atoms with Crippen molar-refractivity contribution >= 4 is 11.9 Å². The van der Waals surface area contributed by atoms with E-state index in [1.165, 1.54) is 0 Å². The smallest absolute Gasteiger partial charge is 0.338 e. The van der Waals surface area contributed by atoms with E-state index in [9.17, 15) is 9.59 Å². The van der Waals surface area contributed by atoms with Crippen molar-refractivity contribution in [2.45, 2.75) is 19.4 Å². The van der Waals surface area contributed by atoms with Gasteiger partial charge >= 0.3 is 11.9 Å². The van der Waals surface area contributed by atoms with Crippen LogP contribution in [-0.2, 0) is 20.9 Å². The van der Waals surface area contributed by atoms with Crippen LogP contribution in [0.1, 0.15) is 28.8 Å². The van der Waals surface area contributed by atoms with Crippen molar-refractivity contribution in [1.82, 2.24) is 0 Å². The number of esters is 2. The molecule has 6 nitrogen and oxygen atoms in total. The molecule has 0 atom stereocenters. The molecule has 0 amide bonds. The molecule has 3 rings (SSSR count). The Morgan fingerprint density at radius 1 is 0.960 bits per heavy atom. The highest BCUT2D eigenvalue weighted by atomic mass is 16.7. The first-order valence-electron chi connectivity index (χ1n) is 7.99. The molecular weight excluding hydrogens is 324 g/mol. The second kappa shape index (κ2) is 8.19. The number of ether oxygens (including phenoxy) is 4. The Morgan fingerprint density at radius 3 is 2.60 bits per heavy atom. The lowest BCUT2D eigenvalue weighted by atomic mass is 10.2. The number of hydrogen-bond acceptors (Lipinski definition) is 6. The van der Waals surface area contributed by atoms with Gasteiger partial charge in [0.2, 0.25) is 6.79 Å². The number of benzene rings is 2. The molecule has 2 aromatic rings. The van der Waals surface area contributed by atoms with Crippen molar-refractivity contribution in [2.24, 2.45) is 0 Å². The van der Waals surface area contributed by atoms with Crippen LogP contribution < -0.4 is 9.47 Å². The topological polar surface area (TPSA) is 71.1 Å². The van der Waals surface area contributed by atoms with E-state index in [-0.39, 0.29) is 32.4 Å². The zero-order chi connectivity index (χ0) is 17.5. The molecular formula is C19H18O6. The van der Waals surface area contributed by atoms with E-state index in [1.807, 2.05) is 30.3 Å². The van der Waals surface area contributed by atoms with Crippen LogP contribution in [0.5, 0.6) is 11.5 Å². The van der Waals surface area contributed by atoms with Crippen LogP contribution in [0.15, 0.2) is 48.5 Å². The van der Waals surface area contributed by atoms with Crippen molar-refractivity contribution in [1.29, 1.82) is 0 Å². The highest BCUT2D eigenvalue weighted by Gasteiger charge is 2.17. The summed E-state index contributed by atoms with van der Waals surface area (Å²) in [5, 5.41) is 0. The van der Waals surface area contributed by atoms with E-state index in [0.717, 1.165) is 5.56 Å². The van der Waals surface area contributed by atoms with Crippen LogP contribution >= 0.6 is 0 Å². The van der Waals surface area contributed by atoms with Crippen LogP contribution in [0.3, 0.4) is 0 Å². The molecule has 1 aliphatic rings. The van der Waals surface area contributed by atoms with E-state index in [2.05, 4.69) is 0 Å². The molecule has 1 heterocycles. The van der Waals surface area contributed by atoms with Crippen LogP contribution in [0.4, 0.5) is 0 Å². The van der Waals surface area contributed by atoms with E-state index in [4.69, 9.17) is 18.9 Å². The van der Waals surface area contributed by atoms with Crippen LogP contribution in [0.2, 0.25) is 0 Å². The molecule has 0 saturated heterocycles. The summed E-state index contributed by atoms with van der Waals surface area (Å²) >= 11 is 0. The molecule has 6 heteroatoms. The van der Waals surface area contributed by atoms with Gasteiger partial charge in [-0.15, -0.1) is 0 Å². The fraction of sp³-hybridized carbons (Fsp3) is 0.263. The third-order valence-corrected chi connectivity index (χ3v) is 3.61. The maximum Gasteiger partial charge on any atom is 0.338 e. The Morgan fingerprint density at radius 2 is 1.76 bits per heavy atom. The first-order chi connectivity index (χ1) is 12.2. The molecule has 0 fully saturated rings. The van der Waals surface area contributed by atoms with Gasteiger partial charge in [-0.05, 0) is 30.2 Å². The first-order valence-corrected chi connectivity index (χ1v) is 7.99. The third kappa shape index (κ3) is 4.73. The van der Waals surface area contributed by atoms with Gasteiger partial charge in [-0.25, -0.2) is 4.79 Å². The highest BCUT2D eigenvalue weighted by molar-refractivity contribution is 5.90. The zero-order valence-corrected chi connectivity index (χ0v) is 13.6. The predicted octanol–water partition coefficient (Wildman–Crippen LogP) is 3.10. The Balaban J connectivity index is 1.35. The predicted molar refractivity (Wildman–Crippen MR) is 88.3 cm³/mol. The van der Waals surface area contributed by atoms with Gasteiger partial charge in [0.1, 0.15) is 6.61 Å². The fourth-order valence-electron chi connectivity index (χ4n) is 2.30. The van der Waals surface area contributed by atoms with Gasteiger partial charge in [0, 0.05) is 6.42 Å². The standard InChI is InChI=1S/C19H18O6/c20-18(23-12-14-5-2-1-3-6-14)7-4-10-22-19(21)15-8-9-16-17(11-15)25-13-24-16/h1-3,5-6,8-9,11H,4,7,10,12-13H2. The Labute approximate surface area is 145 Å². The maximum atomic E-state index is 12.0. The Hall–Kier alpha value is -3.02. The summed E-state index contributed by atoms with van der Waals surface area (Å²) in [5.41, 5.74) is 1.32. The van der Waals surface area contributed by atoms with E-state index in [1.54, 1.807) is 18.2 Å². The summed E-state index contributed by atoms with van der Waals surface area (Å²) in [7, 11) is 0. The molecule has 25 heavy (non-hydrogen) atoms. The number of hydrogen-bond donors (Lipinski definition) is 0. The lowest BCUT2D eigenvalue weighted by Crippen LogP contribution is -2.09. The average Bonchev–Trinajstić information content (AvgIpc) is 3.12. The van der Waals surface area contributed by atoms with Crippen molar-refractivity contribution < 1.29 is 28.5 Å². The van der Waals surface area contributed by atoms with Crippen LogP contribution in [0.25, 0.3) is 0 Å². The second-order valence-electron chi connectivity index (χ2n) is 5.45. The van der Waals surface area contributed by atoms with Crippen molar-refractivity contribution in [3.8, 4) is 11.5 Å². The van der Waals surface area contributed by atoms with Crippen molar-refractivity contribution in [2.75, 3.05) is 13.4 Å². The number of carbonyl (C=O) groups excluding carboxylic acids is 2. The molecule has 0 saturated carbocycles. The lowest BCUT2D eigenvalue weighted by Gasteiger charge is -2.06. The van der Waals surface area contributed by atoms with Crippen molar-refractivity contribution in [3.63, 3.8) is 0 Å². The molecule has 0 unspecified atom stereocenters. The normalized spacial score (nSPS) is 11.8. The minimum atomic E-state index is -0.462. The quantitative estimate of drug-likeness (QED) is 0.569.